The van der Waals surface area contributed by atoms with Gasteiger partial charge in [0, 0.05) is 22.5 Å². The Morgan fingerprint density at radius 3 is 1.13 bits per heavy atom. The zero-order chi connectivity index (χ0) is 39.6. The molecule has 0 spiro atoms. The highest BCUT2D eigenvalue weighted by molar-refractivity contribution is 6.06. The smallest absolute Gasteiger partial charge is 0.145 e. The van der Waals surface area contributed by atoms with Gasteiger partial charge in [-0.05, 0) is 103 Å². The molecule has 0 radical (unpaired) electrons. The van der Waals surface area contributed by atoms with Crippen molar-refractivity contribution in [3.8, 4) is 56.4 Å². The molecule has 0 bridgehead atoms. The number of benzene rings is 10. The Balaban J connectivity index is 0.933. The minimum absolute atomic E-state index is 0.922. The Hall–Kier alpha value is -8.08. The van der Waals surface area contributed by atoms with E-state index < -0.39 is 0 Å². The van der Waals surface area contributed by atoms with Crippen LogP contribution in [0.2, 0.25) is 0 Å². The Labute approximate surface area is 346 Å². The molecule has 12 rings (SSSR count). The van der Waals surface area contributed by atoms with E-state index >= 15 is 0 Å². The zero-order valence-electron chi connectivity index (χ0n) is 32.6. The predicted molar refractivity (Wildman–Crippen MR) is 250 cm³/mol. The molecule has 4 nitrogen and oxygen atoms in total. The Morgan fingerprint density at radius 2 is 0.667 bits per heavy atom. The van der Waals surface area contributed by atoms with Crippen molar-refractivity contribution in [3.05, 3.63) is 218 Å². The molecule has 0 aliphatic carbocycles. The number of rotatable bonds is 6. The van der Waals surface area contributed by atoms with Crippen LogP contribution in [0.15, 0.2) is 218 Å². The lowest BCUT2D eigenvalue weighted by Crippen LogP contribution is -1.98. The number of aromatic nitrogens is 4. The molecule has 2 heterocycles. The normalized spacial score (nSPS) is 11.7. The van der Waals surface area contributed by atoms with Crippen molar-refractivity contribution in [2.45, 2.75) is 0 Å². The van der Waals surface area contributed by atoms with E-state index in [-0.39, 0.29) is 0 Å². The highest BCUT2D eigenvalue weighted by Gasteiger charge is 2.18. The molecule has 0 saturated heterocycles. The molecular weight excluding hydrogens is 729 g/mol. The van der Waals surface area contributed by atoms with Crippen LogP contribution in [-0.4, -0.2) is 19.1 Å². The number of imidazole rings is 2. The van der Waals surface area contributed by atoms with Crippen molar-refractivity contribution in [3.63, 3.8) is 0 Å². The van der Waals surface area contributed by atoms with Crippen molar-refractivity contribution in [2.75, 3.05) is 0 Å². The molecule has 0 atom stereocenters. The minimum Gasteiger partial charge on any atom is -0.292 e. The van der Waals surface area contributed by atoms with E-state index in [1.54, 1.807) is 0 Å². The lowest BCUT2D eigenvalue weighted by Gasteiger charge is -2.15. The Bertz CT molecular complexity index is 3360. The lowest BCUT2D eigenvalue weighted by molar-refractivity contribution is 1.11. The number of hydrogen-bond donors (Lipinski definition) is 0. The largest absolute Gasteiger partial charge is 0.292 e. The van der Waals surface area contributed by atoms with E-state index in [9.17, 15) is 0 Å². The second-order valence-corrected chi connectivity index (χ2v) is 15.4. The summed E-state index contributed by atoms with van der Waals surface area (Å²) in [5.41, 5.74) is 13.1. The Morgan fingerprint density at radius 1 is 0.283 bits per heavy atom. The van der Waals surface area contributed by atoms with E-state index in [0.717, 1.165) is 67.3 Å². The van der Waals surface area contributed by atoms with Gasteiger partial charge in [-0.25, -0.2) is 9.97 Å². The van der Waals surface area contributed by atoms with Gasteiger partial charge in [0.05, 0.1) is 22.1 Å². The van der Waals surface area contributed by atoms with Gasteiger partial charge in [0.15, 0.2) is 0 Å². The molecule has 60 heavy (non-hydrogen) atoms. The molecule has 0 aliphatic rings. The quantitative estimate of drug-likeness (QED) is 0.169. The second-order valence-electron chi connectivity index (χ2n) is 15.4. The van der Waals surface area contributed by atoms with E-state index in [2.05, 4.69) is 228 Å². The second kappa shape index (κ2) is 13.8. The maximum Gasteiger partial charge on any atom is 0.145 e. The molecule has 10 aromatic carbocycles. The average molecular weight is 765 g/mol. The van der Waals surface area contributed by atoms with E-state index in [1.807, 2.05) is 0 Å². The summed E-state index contributed by atoms with van der Waals surface area (Å²) in [4.78, 5) is 10.4. The summed E-state index contributed by atoms with van der Waals surface area (Å²) in [7, 11) is 0. The fourth-order valence-corrected chi connectivity index (χ4v) is 9.01. The SMILES string of the molecule is c1ccc2cc(-n3c(-c4ccc(-c5cccc6cccc(-c7ccc(-c8nc9ccccc9n8-c8ccc9ccccc9c8)cc7)c56)cc4)nc4ccccc43)ccc2c1. The van der Waals surface area contributed by atoms with Crippen LogP contribution in [0.3, 0.4) is 0 Å². The molecule has 0 N–H and O–H groups in total. The fraction of sp³-hybridized carbons (Fsp3) is 0. The molecule has 0 unspecified atom stereocenters. The number of fused-ring (bicyclic) bond motifs is 5. The predicted octanol–water partition coefficient (Wildman–Crippen LogP) is 14.5. The van der Waals surface area contributed by atoms with Crippen molar-refractivity contribution >= 4 is 54.4 Å². The average Bonchev–Trinajstić information content (AvgIpc) is 3.91. The summed E-state index contributed by atoms with van der Waals surface area (Å²) in [5.74, 6) is 1.84. The van der Waals surface area contributed by atoms with Gasteiger partial charge in [-0.15, -0.1) is 0 Å². The van der Waals surface area contributed by atoms with Crippen LogP contribution in [0.4, 0.5) is 0 Å². The molecule has 12 aromatic rings. The molecule has 0 aliphatic heterocycles. The van der Waals surface area contributed by atoms with Crippen LogP contribution in [0.25, 0.3) is 111 Å². The highest BCUT2D eigenvalue weighted by atomic mass is 15.1. The third-order valence-electron chi connectivity index (χ3n) is 11.9. The molecule has 4 heteroatoms. The van der Waals surface area contributed by atoms with Gasteiger partial charge in [-0.1, -0.05) is 170 Å². The van der Waals surface area contributed by atoms with E-state index in [1.165, 1.54) is 43.4 Å². The van der Waals surface area contributed by atoms with Gasteiger partial charge in [0.2, 0.25) is 0 Å². The van der Waals surface area contributed by atoms with Gasteiger partial charge in [0.1, 0.15) is 11.6 Å². The van der Waals surface area contributed by atoms with E-state index in [4.69, 9.17) is 9.97 Å². The van der Waals surface area contributed by atoms with Gasteiger partial charge in [-0.3, -0.25) is 9.13 Å². The standard InChI is InChI=1S/C56H36N4/c1-3-13-44-35-46(33-31-37(44)11-1)59-52-21-7-5-19-50(52)57-55(59)42-27-23-39(24-28-42)48-17-9-15-41-16-10-18-49(54(41)48)40-25-29-43(30-26-40)56-58-51-20-6-8-22-53(51)60(56)47-34-32-38-12-2-4-14-45(38)36-47/h1-36H. The summed E-state index contributed by atoms with van der Waals surface area (Å²) in [6, 6.07) is 78.1. The third kappa shape index (κ3) is 5.61. The lowest BCUT2D eigenvalue weighted by atomic mass is 9.91. The molecule has 0 saturated carbocycles. The summed E-state index contributed by atoms with van der Waals surface area (Å²) < 4.78 is 4.57. The first-order valence-electron chi connectivity index (χ1n) is 20.4. The summed E-state index contributed by atoms with van der Waals surface area (Å²) in [5, 5.41) is 7.29. The van der Waals surface area contributed by atoms with Crippen LogP contribution in [0.1, 0.15) is 0 Å². The number of nitrogens with zero attached hydrogens (tertiary/aromatic N) is 4. The van der Waals surface area contributed by atoms with Crippen LogP contribution < -0.4 is 0 Å². The Kier molecular flexibility index (Phi) is 7.82. The summed E-state index contributed by atoms with van der Waals surface area (Å²) in [6.45, 7) is 0. The maximum atomic E-state index is 5.18. The van der Waals surface area contributed by atoms with Gasteiger partial charge < -0.3 is 0 Å². The number of hydrogen-bond acceptors (Lipinski definition) is 2. The molecule has 2 aromatic heterocycles. The van der Waals surface area contributed by atoms with Crippen molar-refractivity contribution in [1.82, 2.24) is 19.1 Å². The van der Waals surface area contributed by atoms with Crippen LogP contribution in [-0.2, 0) is 0 Å². The summed E-state index contributed by atoms with van der Waals surface area (Å²) >= 11 is 0. The molecule has 280 valence electrons. The third-order valence-corrected chi connectivity index (χ3v) is 11.9. The maximum absolute atomic E-state index is 5.18. The highest BCUT2D eigenvalue weighted by Crippen LogP contribution is 2.39. The van der Waals surface area contributed by atoms with Crippen molar-refractivity contribution < 1.29 is 0 Å². The zero-order valence-corrected chi connectivity index (χ0v) is 32.6. The van der Waals surface area contributed by atoms with Gasteiger partial charge in [0.25, 0.3) is 0 Å². The molecule has 0 amide bonds. The van der Waals surface area contributed by atoms with Gasteiger partial charge >= 0.3 is 0 Å². The number of para-hydroxylation sites is 4. The van der Waals surface area contributed by atoms with Crippen LogP contribution >= 0.6 is 0 Å². The first-order valence-corrected chi connectivity index (χ1v) is 20.4. The first-order chi connectivity index (χ1) is 29.7. The minimum atomic E-state index is 0.922. The first kappa shape index (κ1) is 34.0. The van der Waals surface area contributed by atoms with Crippen LogP contribution in [0, 0.1) is 0 Å². The van der Waals surface area contributed by atoms with Crippen molar-refractivity contribution in [1.29, 1.82) is 0 Å². The van der Waals surface area contributed by atoms with E-state index in [0.29, 0.717) is 0 Å². The monoisotopic (exact) mass is 764 g/mol. The van der Waals surface area contributed by atoms with Gasteiger partial charge in [-0.2, -0.15) is 0 Å². The molecule has 0 fully saturated rings. The van der Waals surface area contributed by atoms with Crippen LogP contribution in [0.5, 0.6) is 0 Å². The van der Waals surface area contributed by atoms with Crippen molar-refractivity contribution in [2.24, 2.45) is 0 Å². The molecular formula is C56H36N4. The fourth-order valence-electron chi connectivity index (χ4n) is 9.01. The topological polar surface area (TPSA) is 35.6 Å². The summed E-state index contributed by atoms with van der Waals surface area (Å²) in [6.07, 6.45) is 0.